The second kappa shape index (κ2) is 13.4. The van der Waals surface area contributed by atoms with Crippen molar-refractivity contribution in [2.75, 3.05) is 20.3 Å². The molecule has 0 aliphatic heterocycles. The predicted octanol–water partition coefficient (Wildman–Crippen LogP) is 2.74. The molecule has 0 amide bonds. The Kier molecular flexibility index (Phi) is 12.4. The second-order valence-corrected chi connectivity index (χ2v) is 5.32. The van der Waals surface area contributed by atoms with Crippen molar-refractivity contribution in [3.8, 4) is 0 Å². The van der Waals surface area contributed by atoms with Crippen LogP contribution >= 0.6 is 0 Å². The number of nitrogens with two attached hydrogens (primary N) is 1. The Labute approximate surface area is 150 Å². The van der Waals surface area contributed by atoms with Gasteiger partial charge in [-0.15, -0.1) is 0 Å². The Morgan fingerprint density at radius 2 is 1.92 bits per heavy atom. The maximum absolute atomic E-state index is 10.7. The van der Waals surface area contributed by atoms with Gasteiger partial charge in [-0.25, -0.2) is 0 Å². The van der Waals surface area contributed by atoms with E-state index in [2.05, 4.69) is 9.47 Å². The van der Waals surface area contributed by atoms with E-state index in [4.69, 9.17) is 10.8 Å². The van der Waals surface area contributed by atoms with Crippen molar-refractivity contribution in [3.63, 3.8) is 0 Å². The van der Waals surface area contributed by atoms with Crippen LogP contribution < -0.4 is 5.73 Å². The van der Waals surface area contributed by atoms with Crippen molar-refractivity contribution in [1.82, 2.24) is 0 Å². The highest BCUT2D eigenvalue weighted by Gasteiger charge is 2.30. The van der Waals surface area contributed by atoms with E-state index >= 15 is 0 Å². The van der Waals surface area contributed by atoms with Gasteiger partial charge in [0.05, 0.1) is 26.1 Å². The zero-order chi connectivity index (χ0) is 19.2. The summed E-state index contributed by atoms with van der Waals surface area (Å²) in [6.45, 7) is 6.67. The summed E-state index contributed by atoms with van der Waals surface area (Å²) >= 11 is 0. The van der Waals surface area contributed by atoms with Crippen LogP contribution in [0, 0.1) is 0 Å². The summed E-state index contributed by atoms with van der Waals surface area (Å²) < 4.78 is 9.28. The minimum Gasteiger partial charge on any atom is -0.481 e. The first-order valence-corrected chi connectivity index (χ1v) is 8.69. The summed E-state index contributed by atoms with van der Waals surface area (Å²) in [4.78, 5) is 21.2. The van der Waals surface area contributed by atoms with Crippen LogP contribution in [-0.4, -0.2) is 43.4 Å². The third-order valence-corrected chi connectivity index (χ3v) is 3.64. The molecule has 142 valence electrons. The zero-order valence-electron chi connectivity index (χ0n) is 15.7. The first-order chi connectivity index (χ1) is 12.0. The van der Waals surface area contributed by atoms with Gasteiger partial charge in [0.1, 0.15) is 0 Å². The number of rotatable bonds is 6. The zero-order valence-corrected chi connectivity index (χ0v) is 15.7. The normalized spacial score (nSPS) is 17.3. The first-order valence-electron chi connectivity index (χ1n) is 8.69. The van der Waals surface area contributed by atoms with Crippen LogP contribution in [0.3, 0.4) is 0 Å². The molecule has 0 heterocycles. The molecule has 25 heavy (non-hydrogen) atoms. The maximum atomic E-state index is 10.7. The highest BCUT2D eigenvalue weighted by atomic mass is 16.5. The van der Waals surface area contributed by atoms with Gasteiger partial charge in [0, 0.05) is 19.1 Å². The molecule has 0 radical (unpaired) electrons. The lowest BCUT2D eigenvalue weighted by Gasteiger charge is -2.13. The van der Waals surface area contributed by atoms with E-state index in [0.29, 0.717) is 19.6 Å². The molecule has 0 aromatic heterocycles. The van der Waals surface area contributed by atoms with E-state index in [1.54, 1.807) is 14.0 Å². The van der Waals surface area contributed by atoms with Gasteiger partial charge in [0.2, 0.25) is 0 Å². The summed E-state index contributed by atoms with van der Waals surface area (Å²) in [5.41, 5.74) is 8.23. The van der Waals surface area contributed by atoms with Gasteiger partial charge >= 0.3 is 11.9 Å². The van der Waals surface area contributed by atoms with Crippen LogP contribution in [0.1, 0.15) is 50.7 Å². The average molecular weight is 353 g/mol. The molecular weight excluding hydrogens is 322 g/mol. The van der Waals surface area contributed by atoms with Gasteiger partial charge in [-0.05, 0) is 24.5 Å². The van der Waals surface area contributed by atoms with E-state index in [1.807, 2.05) is 38.1 Å². The van der Waals surface area contributed by atoms with Crippen molar-refractivity contribution in [2.45, 2.75) is 52.0 Å². The molecule has 1 unspecified atom stereocenters. The standard InChI is InChI=1S/C11H13NO2.C6H12O3.C2H6/c12-10-5-7-3-1-2-4-8(7)9(10)6-11(13)14;1-3-9-6(7)4-5-8-2;1-2/h1-4,9-10H,5-6,12H2,(H,13,14);3-5H2,1-2H3;1-2H3/t9-,10?;;/m1../s1. The van der Waals surface area contributed by atoms with Crippen molar-refractivity contribution >= 4 is 11.9 Å². The molecule has 1 aliphatic rings. The summed E-state index contributed by atoms with van der Waals surface area (Å²) in [6, 6.07) is 7.87. The van der Waals surface area contributed by atoms with Gasteiger partial charge in [0.25, 0.3) is 0 Å². The highest BCUT2D eigenvalue weighted by molar-refractivity contribution is 5.69. The van der Waals surface area contributed by atoms with E-state index in [0.717, 1.165) is 12.0 Å². The van der Waals surface area contributed by atoms with Gasteiger partial charge in [-0.2, -0.15) is 0 Å². The van der Waals surface area contributed by atoms with Gasteiger partial charge in [0.15, 0.2) is 0 Å². The van der Waals surface area contributed by atoms with Crippen molar-refractivity contribution in [1.29, 1.82) is 0 Å². The molecule has 0 fully saturated rings. The molecule has 2 atom stereocenters. The Morgan fingerprint density at radius 3 is 2.48 bits per heavy atom. The quantitative estimate of drug-likeness (QED) is 0.763. The molecule has 3 N–H and O–H groups in total. The Balaban J connectivity index is 0.000000458. The lowest BCUT2D eigenvalue weighted by atomic mass is 9.95. The van der Waals surface area contributed by atoms with Crippen molar-refractivity contribution in [2.24, 2.45) is 5.73 Å². The molecule has 0 saturated carbocycles. The minimum absolute atomic E-state index is 0.0105. The summed E-state index contributed by atoms with van der Waals surface area (Å²) in [7, 11) is 1.55. The number of esters is 1. The number of carboxylic acids is 1. The monoisotopic (exact) mass is 353 g/mol. The molecule has 2 rings (SSSR count). The number of carboxylic acid groups (broad SMARTS) is 1. The maximum Gasteiger partial charge on any atom is 0.308 e. The Morgan fingerprint density at radius 1 is 1.28 bits per heavy atom. The van der Waals surface area contributed by atoms with Gasteiger partial charge in [-0.3, -0.25) is 9.59 Å². The molecule has 0 bridgehead atoms. The SMILES string of the molecule is CC.CCOC(=O)CCOC.NC1Cc2ccccc2[C@H]1CC(=O)O. The van der Waals surface area contributed by atoms with E-state index in [-0.39, 0.29) is 24.3 Å². The van der Waals surface area contributed by atoms with Gasteiger partial charge < -0.3 is 20.3 Å². The van der Waals surface area contributed by atoms with Gasteiger partial charge in [-0.1, -0.05) is 38.1 Å². The lowest BCUT2D eigenvalue weighted by Crippen LogP contribution is -2.26. The minimum atomic E-state index is -0.776. The summed E-state index contributed by atoms with van der Waals surface area (Å²) in [5.74, 6) is -0.981. The van der Waals surface area contributed by atoms with E-state index in [9.17, 15) is 9.59 Å². The van der Waals surface area contributed by atoms with Crippen LogP contribution in [0.25, 0.3) is 0 Å². The molecule has 1 aromatic rings. The Hall–Kier alpha value is -1.92. The largest absolute Gasteiger partial charge is 0.481 e. The van der Waals surface area contributed by atoms with E-state index < -0.39 is 5.97 Å². The number of carbonyl (C=O) groups is 2. The smallest absolute Gasteiger partial charge is 0.308 e. The van der Waals surface area contributed by atoms with Crippen LogP contribution in [-0.2, 0) is 25.5 Å². The topological polar surface area (TPSA) is 98.9 Å². The number of ether oxygens (including phenoxy) is 2. The third-order valence-electron chi connectivity index (χ3n) is 3.64. The molecule has 6 nitrogen and oxygen atoms in total. The summed E-state index contributed by atoms with van der Waals surface area (Å²) in [5, 5.41) is 8.76. The second-order valence-electron chi connectivity index (χ2n) is 5.32. The Bertz CT molecular complexity index is 518. The number of hydrogen-bond acceptors (Lipinski definition) is 5. The fourth-order valence-electron chi connectivity index (χ4n) is 2.58. The van der Waals surface area contributed by atoms with Crippen LogP contribution in [0.5, 0.6) is 0 Å². The van der Waals surface area contributed by atoms with Crippen LogP contribution in [0.2, 0.25) is 0 Å². The molecule has 1 aliphatic carbocycles. The van der Waals surface area contributed by atoms with Crippen LogP contribution in [0.15, 0.2) is 24.3 Å². The lowest BCUT2D eigenvalue weighted by molar-refractivity contribution is -0.144. The predicted molar refractivity (Wildman–Crippen MR) is 97.6 cm³/mol. The number of benzene rings is 1. The highest BCUT2D eigenvalue weighted by Crippen LogP contribution is 2.34. The first kappa shape index (κ1) is 23.1. The number of aliphatic carboxylic acids is 1. The number of carbonyl (C=O) groups excluding carboxylic acids is 1. The molecule has 0 spiro atoms. The number of hydrogen-bond donors (Lipinski definition) is 2. The van der Waals surface area contributed by atoms with E-state index in [1.165, 1.54) is 5.56 Å². The third kappa shape index (κ3) is 8.65. The molecule has 6 heteroatoms. The molecule has 0 saturated heterocycles. The van der Waals surface area contributed by atoms with Crippen molar-refractivity contribution < 1.29 is 24.2 Å². The van der Waals surface area contributed by atoms with Crippen LogP contribution in [0.4, 0.5) is 0 Å². The number of fused-ring (bicyclic) bond motifs is 1. The summed E-state index contributed by atoms with van der Waals surface area (Å²) in [6.07, 6.45) is 1.29. The fraction of sp³-hybridized carbons (Fsp3) is 0.579. The number of methoxy groups -OCH3 is 1. The molecule has 1 aromatic carbocycles. The average Bonchev–Trinajstić information content (AvgIpc) is 2.91. The van der Waals surface area contributed by atoms with Crippen molar-refractivity contribution in [3.05, 3.63) is 35.4 Å². The fourth-order valence-corrected chi connectivity index (χ4v) is 2.58. The molecular formula is C19H31NO5.